The van der Waals surface area contributed by atoms with Crippen LogP contribution in [0.2, 0.25) is 0 Å². The second-order valence-corrected chi connectivity index (χ2v) is 8.01. The van der Waals surface area contributed by atoms with Gasteiger partial charge >= 0.3 is 0 Å². The molecule has 3 saturated carbocycles. The first-order valence-electron chi connectivity index (χ1n) is 8.67. The van der Waals surface area contributed by atoms with Gasteiger partial charge in [0, 0.05) is 12.5 Å². The molecule has 6 atom stereocenters. The quantitative estimate of drug-likeness (QED) is 0.852. The van der Waals surface area contributed by atoms with E-state index in [2.05, 4.69) is 6.92 Å². The third-order valence-electron chi connectivity index (χ3n) is 7.16. The van der Waals surface area contributed by atoms with Crippen LogP contribution in [0, 0.1) is 35.0 Å². The Kier molecular flexibility index (Phi) is 3.96. The second kappa shape index (κ2) is 5.44. The molecule has 114 valence electrons. The van der Waals surface area contributed by atoms with Gasteiger partial charge in [0.2, 0.25) is 0 Å². The second-order valence-electron chi connectivity index (χ2n) is 8.01. The third-order valence-corrected chi connectivity index (χ3v) is 7.16. The molecule has 0 bridgehead atoms. The minimum atomic E-state index is 0.302. The maximum Gasteiger partial charge on any atom is 0.133 e. The van der Waals surface area contributed by atoms with Crippen molar-refractivity contribution in [3.8, 4) is 0 Å². The van der Waals surface area contributed by atoms with Crippen molar-refractivity contribution < 1.29 is 9.90 Å². The SMILES string of the molecule is CC(=O)[C@@H]1CC[C@@H]2[C@H]3CC[C@H](CCO)C[C@@H]3CC[C@]21C. The molecule has 0 amide bonds. The number of hydrogen-bond donors (Lipinski definition) is 1. The largest absolute Gasteiger partial charge is 0.396 e. The molecule has 0 spiro atoms. The maximum atomic E-state index is 12.0. The highest BCUT2D eigenvalue weighted by Gasteiger charge is 2.55. The Hall–Kier alpha value is -0.370. The summed E-state index contributed by atoms with van der Waals surface area (Å²) in [5.74, 6) is 4.07. The normalized spacial score (nSPS) is 47.6. The first kappa shape index (κ1) is 14.6. The summed E-state index contributed by atoms with van der Waals surface area (Å²) in [7, 11) is 0. The lowest BCUT2D eigenvalue weighted by Gasteiger charge is -2.51. The first-order chi connectivity index (χ1) is 9.56. The van der Waals surface area contributed by atoms with Crippen molar-refractivity contribution in [3.63, 3.8) is 0 Å². The lowest BCUT2D eigenvalue weighted by atomic mass is 9.53. The third kappa shape index (κ3) is 2.24. The first-order valence-corrected chi connectivity index (χ1v) is 8.67. The van der Waals surface area contributed by atoms with E-state index in [0.29, 0.717) is 23.7 Å². The molecule has 0 aromatic rings. The molecule has 0 unspecified atom stereocenters. The lowest BCUT2D eigenvalue weighted by molar-refractivity contribution is -0.126. The van der Waals surface area contributed by atoms with Crippen LogP contribution in [0.15, 0.2) is 0 Å². The molecule has 3 aliphatic rings. The summed E-state index contributed by atoms with van der Waals surface area (Å²) in [6.07, 6.45) is 9.99. The molecule has 0 radical (unpaired) electrons. The molecule has 0 aliphatic heterocycles. The zero-order chi connectivity index (χ0) is 14.3. The summed E-state index contributed by atoms with van der Waals surface area (Å²) in [5, 5.41) is 9.16. The van der Waals surface area contributed by atoms with Crippen molar-refractivity contribution >= 4 is 5.78 Å². The van der Waals surface area contributed by atoms with Crippen LogP contribution < -0.4 is 0 Å². The van der Waals surface area contributed by atoms with Crippen LogP contribution >= 0.6 is 0 Å². The number of aliphatic hydroxyl groups excluding tert-OH is 1. The van der Waals surface area contributed by atoms with Gasteiger partial charge in [0.25, 0.3) is 0 Å². The van der Waals surface area contributed by atoms with E-state index in [1.165, 1.54) is 38.5 Å². The van der Waals surface area contributed by atoms with Gasteiger partial charge in [-0.15, -0.1) is 0 Å². The summed E-state index contributed by atoms with van der Waals surface area (Å²) in [6.45, 7) is 4.57. The standard InChI is InChI=1S/C18H30O2/c1-12(20)16-5-6-17-15-4-3-13(8-10-19)11-14(15)7-9-18(16,17)2/h13-17,19H,3-11H2,1-2H3/t13-,14+,15+,16+,17-,18+/m1/s1. The number of fused-ring (bicyclic) bond motifs is 3. The smallest absolute Gasteiger partial charge is 0.133 e. The molecule has 2 nitrogen and oxygen atoms in total. The van der Waals surface area contributed by atoms with Gasteiger partial charge in [-0.3, -0.25) is 4.79 Å². The molecule has 0 heterocycles. The van der Waals surface area contributed by atoms with Gasteiger partial charge in [-0.05, 0) is 81.0 Å². The van der Waals surface area contributed by atoms with Gasteiger partial charge in [0.1, 0.15) is 5.78 Å². The van der Waals surface area contributed by atoms with E-state index in [4.69, 9.17) is 5.11 Å². The fraction of sp³-hybridized carbons (Fsp3) is 0.944. The maximum absolute atomic E-state index is 12.0. The fourth-order valence-corrected chi connectivity index (χ4v) is 6.18. The molecular weight excluding hydrogens is 248 g/mol. The molecule has 0 aromatic heterocycles. The Morgan fingerprint density at radius 1 is 1.20 bits per heavy atom. The van der Waals surface area contributed by atoms with Crippen molar-refractivity contribution in [2.75, 3.05) is 6.61 Å². The Balaban J connectivity index is 1.73. The molecule has 3 rings (SSSR count). The van der Waals surface area contributed by atoms with Gasteiger partial charge in [-0.25, -0.2) is 0 Å². The number of rotatable bonds is 3. The van der Waals surface area contributed by atoms with Crippen molar-refractivity contribution in [2.45, 2.75) is 65.2 Å². The van der Waals surface area contributed by atoms with Crippen LogP contribution in [0.1, 0.15) is 65.2 Å². The van der Waals surface area contributed by atoms with Crippen molar-refractivity contribution in [1.29, 1.82) is 0 Å². The van der Waals surface area contributed by atoms with Crippen LogP contribution in [-0.2, 0) is 4.79 Å². The Morgan fingerprint density at radius 3 is 2.70 bits per heavy atom. The summed E-state index contributed by atoms with van der Waals surface area (Å²) in [5.41, 5.74) is 0.302. The van der Waals surface area contributed by atoms with Crippen molar-refractivity contribution in [3.05, 3.63) is 0 Å². The monoisotopic (exact) mass is 278 g/mol. The van der Waals surface area contributed by atoms with E-state index < -0.39 is 0 Å². The number of ketones is 1. The van der Waals surface area contributed by atoms with Crippen LogP contribution in [0.25, 0.3) is 0 Å². The van der Waals surface area contributed by atoms with E-state index in [-0.39, 0.29) is 0 Å². The molecule has 2 heteroatoms. The zero-order valence-corrected chi connectivity index (χ0v) is 13.1. The molecular formula is C18H30O2. The summed E-state index contributed by atoms with van der Waals surface area (Å²) < 4.78 is 0. The average molecular weight is 278 g/mol. The van der Waals surface area contributed by atoms with Gasteiger partial charge in [-0.1, -0.05) is 13.3 Å². The zero-order valence-electron chi connectivity index (χ0n) is 13.1. The highest BCUT2D eigenvalue weighted by atomic mass is 16.3. The van der Waals surface area contributed by atoms with Crippen LogP contribution in [0.5, 0.6) is 0 Å². The van der Waals surface area contributed by atoms with Crippen molar-refractivity contribution in [2.24, 2.45) is 35.0 Å². The van der Waals surface area contributed by atoms with E-state index in [9.17, 15) is 4.79 Å². The Bertz CT molecular complexity index is 378. The van der Waals surface area contributed by atoms with Gasteiger partial charge in [-0.2, -0.15) is 0 Å². The number of aliphatic hydroxyl groups is 1. The summed E-state index contributed by atoms with van der Waals surface area (Å²) in [6, 6.07) is 0. The van der Waals surface area contributed by atoms with Gasteiger partial charge in [0.05, 0.1) is 0 Å². The molecule has 3 aliphatic carbocycles. The van der Waals surface area contributed by atoms with Crippen LogP contribution in [0.4, 0.5) is 0 Å². The van der Waals surface area contributed by atoms with E-state index in [0.717, 1.165) is 36.5 Å². The topological polar surface area (TPSA) is 37.3 Å². The predicted octanol–water partition coefficient (Wildman–Crippen LogP) is 3.82. The highest BCUT2D eigenvalue weighted by molar-refractivity contribution is 5.79. The minimum Gasteiger partial charge on any atom is -0.396 e. The van der Waals surface area contributed by atoms with Crippen molar-refractivity contribution in [1.82, 2.24) is 0 Å². The summed E-state index contributed by atoms with van der Waals surface area (Å²) in [4.78, 5) is 12.0. The molecule has 3 fully saturated rings. The number of carbonyl (C=O) groups excluding carboxylic acids is 1. The lowest BCUT2D eigenvalue weighted by Crippen LogP contribution is -2.45. The van der Waals surface area contributed by atoms with Crippen LogP contribution in [0.3, 0.4) is 0 Å². The molecule has 1 N–H and O–H groups in total. The Labute approximate surface area is 123 Å². The minimum absolute atomic E-state index is 0.302. The van der Waals surface area contributed by atoms with Gasteiger partial charge < -0.3 is 5.11 Å². The fourth-order valence-electron chi connectivity index (χ4n) is 6.18. The summed E-state index contributed by atoms with van der Waals surface area (Å²) >= 11 is 0. The average Bonchev–Trinajstić information content (AvgIpc) is 2.77. The molecule has 20 heavy (non-hydrogen) atoms. The number of carbonyl (C=O) groups is 1. The Morgan fingerprint density at radius 2 is 2.00 bits per heavy atom. The van der Waals surface area contributed by atoms with Gasteiger partial charge in [0.15, 0.2) is 0 Å². The predicted molar refractivity (Wildman–Crippen MR) is 80.3 cm³/mol. The molecule has 0 saturated heterocycles. The highest BCUT2D eigenvalue weighted by Crippen LogP contribution is 2.62. The van der Waals surface area contributed by atoms with E-state index >= 15 is 0 Å². The van der Waals surface area contributed by atoms with Crippen LogP contribution in [-0.4, -0.2) is 17.5 Å². The van der Waals surface area contributed by atoms with E-state index in [1.807, 2.05) is 6.92 Å². The number of Topliss-reactive ketones (excluding diaryl/α,β-unsaturated/α-hetero) is 1. The number of hydrogen-bond acceptors (Lipinski definition) is 2. The van der Waals surface area contributed by atoms with E-state index in [1.54, 1.807) is 0 Å². The molecule has 0 aromatic carbocycles.